The number of carbonyl (C=O) groups excluding carboxylic acids is 1. The maximum atomic E-state index is 13.0. The van der Waals surface area contributed by atoms with E-state index in [1.807, 2.05) is 12.1 Å². The van der Waals surface area contributed by atoms with Gasteiger partial charge >= 0.3 is 0 Å². The van der Waals surface area contributed by atoms with Gasteiger partial charge in [-0.15, -0.1) is 0 Å². The summed E-state index contributed by atoms with van der Waals surface area (Å²) < 4.78 is 37.6. The van der Waals surface area contributed by atoms with Gasteiger partial charge in [0.25, 0.3) is 15.9 Å². The summed E-state index contributed by atoms with van der Waals surface area (Å²) in [5.41, 5.74) is 1.74. The molecule has 0 fully saturated rings. The van der Waals surface area contributed by atoms with Crippen LogP contribution in [-0.2, 0) is 16.6 Å². The van der Waals surface area contributed by atoms with Crippen LogP contribution in [0.25, 0.3) is 0 Å². The SMILES string of the molecule is COc1ccc(S(=O)(=O)N(C)c2ccc(C(=O)NCc3ccc(Cl)cc3)cc2)cc1OC. The normalized spacial score (nSPS) is 11.0. The standard InChI is InChI=1S/C23H23ClN2O5S/c1-26(32(28,29)20-12-13-21(30-2)22(14-20)31-3)19-10-6-17(7-11-19)23(27)25-15-16-4-8-18(24)9-5-16/h4-14H,15H2,1-3H3,(H,25,27). The largest absolute Gasteiger partial charge is 0.493 e. The lowest BCUT2D eigenvalue weighted by atomic mass is 10.2. The Morgan fingerprint density at radius 1 is 0.938 bits per heavy atom. The van der Waals surface area contributed by atoms with Gasteiger partial charge < -0.3 is 14.8 Å². The highest BCUT2D eigenvalue weighted by Crippen LogP contribution is 2.31. The van der Waals surface area contributed by atoms with Gasteiger partial charge in [-0.3, -0.25) is 9.10 Å². The lowest BCUT2D eigenvalue weighted by Crippen LogP contribution is -2.27. The lowest BCUT2D eigenvalue weighted by molar-refractivity contribution is 0.0951. The summed E-state index contributed by atoms with van der Waals surface area (Å²) in [5, 5.41) is 3.45. The topological polar surface area (TPSA) is 84.9 Å². The number of methoxy groups -OCH3 is 2. The lowest BCUT2D eigenvalue weighted by Gasteiger charge is -2.20. The predicted octanol–water partition coefficient (Wildman–Crippen LogP) is 4.11. The van der Waals surface area contributed by atoms with Crippen molar-refractivity contribution in [2.75, 3.05) is 25.6 Å². The van der Waals surface area contributed by atoms with Crippen LogP contribution in [0.5, 0.6) is 11.5 Å². The summed E-state index contributed by atoms with van der Waals surface area (Å²) >= 11 is 5.86. The third-order valence-corrected chi connectivity index (χ3v) is 6.91. The molecule has 9 heteroatoms. The van der Waals surface area contributed by atoms with Crippen LogP contribution in [0.15, 0.2) is 71.6 Å². The van der Waals surface area contributed by atoms with Crippen LogP contribution in [0.3, 0.4) is 0 Å². The maximum absolute atomic E-state index is 13.0. The number of hydrogen-bond donors (Lipinski definition) is 1. The van der Waals surface area contributed by atoms with Crippen molar-refractivity contribution in [1.29, 1.82) is 0 Å². The number of nitrogens with one attached hydrogen (secondary N) is 1. The Kier molecular flexibility index (Phi) is 7.27. The number of nitrogens with zero attached hydrogens (tertiary/aromatic N) is 1. The second-order valence-corrected chi connectivity index (χ2v) is 9.25. The molecule has 1 N–H and O–H groups in total. The van der Waals surface area contributed by atoms with Gasteiger partial charge in [-0.05, 0) is 54.1 Å². The molecule has 168 valence electrons. The molecule has 3 rings (SSSR count). The highest BCUT2D eigenvalue weighted by Gasteiger charge is 2.23. The molecule has 7 nitrogen and oxygen atoms in total. The Hall–Kier alpha value is -3.23. The summed E-state index contributed by atoms with van der Waals surface area (Å²) in [5.74, 6) is 0.481. The van der Waals surface area contributed by atoms with Crippen molar-refractivity contribution in [2.24, 2.45) is 0 Å². The summed E-state index contributed by atoms with van der Waals surface area (Å²) in [7, 11) is 0.517. The van der Waals surface area contributed by atoms with Gasteiger partial charge in [0.05, 0.1) is 24.8 Å². The van der Waals surface area contributed by atoms with E-state index in [1.54, 1.807) is 36.4 Å². The Labute approximate surface area is 192 Å². The van der Waals surface area contributed by atoms with Gasteiger partial charge in [-0.1, -0.05) is 23.7 Å². The fourth-order valence-electron chi connectivity index (χ4n) is 2.98. The Balaban J connectivity index is 1.73. The summed E-state index contributed by atoms with van der Waals surface area (Å²) in [6.07, 6.45) is 0. The van der Waals surface area contributed by atoms with E-state index in [9.17, 15) is 13.2 Å². The molecular weight excluding hydrogens is 452 g/mol. The number of amides is 1. The third-order valence-electron chi connectivity index (χ3n) is 4.87. The van der Waals surface area contributed by atoms with Crippen LogP contribution in [0, 0.1) is 0 Å². The van der Waals surface area contributed by atoms with Crippen LogP contribution in [0.1, 0.15) is 15.9 Å². The molecular formula is C23H23ClN2O5S. The minimum Gasteiger partial charge on any atom is -0.493 e. The minimum atomic E-state index is -3.85. The van der Waals surface area contributed by atoms with Crippen LogP contribution in [0.4, 0.5) is 5.69 Å². The van der Waals surface area contributed by atoms with Crippen molar-refractivity contribution in [3.05, 3.63) is 82.9 Å². The van der Waals surface area contributed by atoms with Crippen LogP contribution in [-0.4, -0.2) is 35.6 Å². The number of ether oxygens (including phenoxy) is 2. The molecule has 0 atom stereocenters. The summed E-state index contributed by atoms with van der Waals surface area (Å²) in [6, 6.07) is 17.9. The van der Waals surface area contributed by atoms with E-state index in [0.717, 1.165) is 9.87 Å². The molecule has 1 amide bonds. The summed E-state index contributed by atoms with van der Waals surface area (Å²) in [4.78, 5) is 12.5. The number of rotatable bonds is 8. The van der Waals surface area contributed by atoms with E-state index in [2.05, 4.69) is 5.32 Å². The first kappa shape index (κ1) is 23.4. The molecule has 3 aromatic rings. The van der Waals surface area contributed by atoms with Gasteiger partial charge in [-0.25, -0.2) is 8.42 Å². The smallest absolute Gasteiger partial charge is 0.264 e. The van der Waals surface area contributed by atoms with Crippen LogP contribution >= 0.6 is 11.6 Å². The molecule has 32 heavy (non-hydrogen) atoms. The fourth-order valence-corrected chi connectivity index (χ4v) is 4.32. The zero-order chi connectivity index (χ0) is 23.3. The molecule has 0 aliphatic rings. The molecule has 0 aliphatic carbocycles. The Morgan fingerprint density at radius 2 is 1.56 bits per heavy atom. The quantitative estimate of drug-likeness (QED) is 0.531. The van der Waals surface area contributed by atoms with Crippen molar-refractivity contribution in [1.82, 2.24) is 5.32 Å². The molecule has 3 aromatic carbocycles. The Bertz CT molecular complexity index is 1200. The van der Waals surface area contributed by atoms with Crippen molar-refractivity contribution < 1.29 is 22.7 Å². The number of hydrogen-bond acceptors (Lipinski definition) is 5. The van der Waals surface area contributed by atoms with Crippen molar-refractivity contribution >= 4 is 33.2 Å². The number of halogens is 1. The maximum Gasteiger partial charge on any atom is 0.264 e. The minimum absolute atomic E-state index is 0.0578. The fraction of sp³-hybridized carbons (Fsp3) is 0.174. The van der Waals surface area contributed by atoms with E-state index >= 15 is 0 Å². The van der Waals surface area contributed by atoms with Gasteiger partial charge in [0.15, 0.2) is 11.5 Å². The molecule has 0 bridgehead atoms. The van der Waals surface area contributed by atoms with Gasteiger partial charge in [0.1, 0.15) is 0 Å². The number of carbonyl (C=O) groups is 1. The number of sulfonamides is 1. The third kappa shape index (κ3) is 5.15. The molecule has 0 aliphatic heterocycles. The van der Waals surface area contributed by atoms with E-state index in [-0.39, 0.29) is 10.8 Å². The Morgan fingerprint density at radius 3 is 2.16 bits per heavy atom. The van der Waals surface area contributed by atoms with Gasteiger partial charge in [0.2, 0.25) is 0 Å². The second-order valence-electron chi connectivity index (χ2n) is 6.85. The molecule has 0 radical (unpaired) electrons. The van der Waals surface area contributed by atoms with Crippen molar-refractivity contribution in [3.8, 4) is 11.5 Å². The zero-order valence-corrected chi connectivity index (χ0v) is 19.4. The van der Waals surface area contributed by atoms with E-state index < -0.39 is 10.0 Å². The molecule has 0 aromatic heterocycles. The molecule has 0 heterocycles. The first-order valence-corrected chi connectivity index (χ1v) is 11.4. The molecule has 0 spiro atoms. The van der Waals surface area contributed by atoms with Crippen LogP contribution < -0.4 is 19.1 Å². The van der Waals surface area contributed by atoms with Gasteiger partial charge in [-0.2, -0.15) is 0 Å². The average molecular weight is 475 g/mol. The van der Waals surface area contributed by atoms with Crippen LogP contribution in [0.2, 0.25) is 5.02 Å². The second kappa shape index (κ2) is 9.93. The highest BCUT2D eigenvalue weighted by atomic mass is 35.5. The summed E-state index contributed by atoms with van der Waals surface area (Å²) in [6.45, 7) is 0.353. The number of benzene rings is 3. The van der Waals surface area contributed by atoms with E-state index in [1.165, 1.54) is 39.5 Å². The molecule has 0 saturated heterocycles. The molecule has 0 saturated carbocycles. The first-order valence-electron chi connectivity index (χ1n) is 9.60. The van der Waals surface area contributed by atoms with Gasteiger partial charge in [0, 0.05) is 30.2 Å². The predicted molar refractivity (Wildman–Crippen MR) is 124 cm³/mol. The van der Waals surface area contributed by atoms with Crippen molar-refractivity contribution in [2.45, 2.75) is 11.4 Å². The molecule has 0 unspecified atom stereocenters. The number of anilines is 1. The average Bonchev–Trinajstić information content (AvgIpc) is 2.82. The first-order chi connectivity index (χ1) is 15.3. The highest BCUT2D eigenvalue weighted by molar-refractivity contribution is 7.92. The monoisotopic (exact) mass is 474 g/mol. The van der Waals surface area contributed by atoms with Crippen molar-refractivity contribution in [3.63, 3.8) is 0 Å². The van der Waals surface area contributed by atoms with E-state index in [4.69, 9.17) is 21.1 Å². The zero-order valence-electron chi connectivity index (χ0n) is 17.8. The van der Waals surface area contributed by atoms with E-state index in [0.29, 0.717) is 34.3 Å².